The van der Waals surface area contributed by atoms with Crippen LogP contribution in [-0.4, -0.2) is 53.6 Å². The van der Waals surface area contributed by atoms with Gasteiger partial charge in [0.05, 0.1) is 0 Å². The first-order chi connectivity index (χ1) is 7.53. The van der Waals surface area contributed by atoms with E-state index in [0.717, 1.165) is 0 Å². The lowest BCUT2D eigenvalue weighted by molar-refractivity contribution is 0.188. The molecule has 0 bridgehead atoms. The maximum Gasteiger partial charge on any atom is 0.354 e. The monoisotopic (exact) mass is 305 g/mol. The van der Waals surface area contributed by atoms with Gasteiger partial charge in [0.2, 0.25) is 5.52 Å². The van der Waals surface area contributed by atoms with Crippen LogP contribution in [0.25, 0.3) is 0 Å². The Hall–Kier alpha value is 0.610. The minimum Gasteiger partial charge on any atom is -0.323 e. The van der Waals surface area contributed by atoms with Crippen molar-refractivity contribution in [1.82, 2.24) is 4.90 Å². The molecule has 1 aliphatic heterocycles. The largest absolute Gasteiger partial charge is 0.354 e. The SMILES string of the molecule is CC1CN(C(P(=O)(O)O)P(=O)(O)O)C(C)CS1. The van der Waals surface area contributed by atoms with Crippen molar-refractivity contribution >= 4 is 27.0 Å². The van der Waals surface area contributed by atoms with Crippen molar-refractivity contribution in [3.63, 3.8) is 0 Å². The topological polar surface area (TPSA) is 118 Å². The van der Waals surface area contributed by atoms with Crippen molar-refractivity contribution in [2.24, 2.45) is 0 Å². The lowest BCUT2D eigenvalue weighted by Crippen LogP contribution is -2.48. The van der Waals surface area contributed by atoms with E-state index in [4.69, 9.17) is 19.6 Å². The highest BCUT2D eigenvalue weighted by atomic mass is 32.2. The Labute approximate surface area is 104 Å². The lowest BCUT2D eigenvalue weighted by atomic mass is 10.3. The highest BCUT2D eigenvalue weighted by Crippen LogP contribution is 2.62. The zero-order valence-corrected chi connectivity index (χ0v) is 12.1. The first-order valence-corrected chi connectivity index (χ1v) is 9.42. The van der Waals surface area contributed by atoms with E-state index in [9.17, 15) is 9.13 Å². The van der Waals surface area contributed by atoms with Gasteiger partial charge in [-0.1, -0.05) is 6.92 Å². The number of hydrogen-bond donors (Lipinski definition) is 4. The molecule has 17 heavy (non-hydrogen) atoms. The molecule has 4 N–H and O–H groups in total. The third-order valence-electron chi connectivity index (χ3n) is 2.55. The second kappa shape index (κ2) is 5.31. The summed E-state index contributed by atoms with van der Waals surface area (Å²) in [5, 5.41) is 0.0896. The Bertz CT molecular complexity index is 345. The van der Waals surface area contributed by atoms with Crippen molar-refractivity contribution in [1.29, 1.82) is 0 Å². The number of rotatable bonds is 3. The fourth-order valence-corrected chi connectivity index (χ4v) is 5.89. The van der Waals surface area contributed by atoms with Crippen LogP contribution in [0.4, 0.5) is 0 Å². The van der Waals surface area contributed by atoms with Gasteiger partial charge in [-0.15, -0.1) is 0 Å². The second-order valence-corrected chi connectivity index (χ2v) is 9.43. The van der Waals surface area contributed by atoms with Gasteiger partial charge < -0.3 is 19.6 Å². The van der Waals surface area contributed by atoms with Gasteiger partial charge in [0.25, 0.3) is 0 Å². The minimum atomic E-state index is -4.88. The molecule has 0 spiro atoms. The standard InChI is InChI=1S/C7H17NO6P2S/c1-5-4-17-6(2)3-8(5)7(15(9,10)11)16(12,13)14/h5-7H,3-4H2,1-2H3,(H2,9,10,11)(H2,12,13,14). The smallest absolute Gasteiger partial charge is 0.323 e. The summed E-state index contributed by atoms with van der Waals surface area (Å²) in [6.07, 6.45) is 0. The molecule has 1 rings (SSSR count). The van der Waals surface area contributed by atoms with Gasteiger partial charge >= 0.3 is 15.2 Å². The zero-order chi connectivity index (χ0) is 13.4. The van der Waals surface area contributed by atoms with E-state index < -0.39 is 20.7 Å². The Morgan fingerprint density at radius 2 is 1.65 bits per heavy atom. The molecule has 1 saturated heterocycles. The Balaban J connectivity index is 3.06. The Morgan fingerprint density at radius 3 is 2.06 bits per heavy atom. The van der Waals surface area contributed by atoms with Gasteiger partial charge in [0, 0.05) is 23.6 Å². The number of nitrogens with zero attached hydrogens (tertiary/aromatic N) is 1. The third-order valence-corrected chi connectivity index (χ3v) is 7.55. The van der Waals surface area contributed by atoms with E-state index in [1.165, 1.54) is 4.90 Å². The third kappa shape index (κ3) is 4.04. The van der Waals surface area contributed by atoms with Crippen molar-refractivity contribution in [2.75, 3.05) is 12.3 Å². The maximum atomic E-state index is 11.3. The summed E-state index contributed by atoms with van der Waals surface area (Å²) in [6, 6.07) is -0.276. The van der Waals surface area contributed by atoms with E-state index in [1.54, 1.807) is 18.7 Å². The highest BCUT2D eigenvalue weighted by Gasteiger charge is 2.50. The van der Waals surface area contributed by atoms with Crippen molar-refractivity contribution in [2.45, 2.75) is 30.7 Å². The molecule has 2 unspecified atom stereocenters. The maximum absolute atomic E-state index is 11.3. The Morgan fingerprint density at radius 1 is 1.18 bits per heavy atom. The van der Waals surface area contributed by atoms with Gasteiger partial charge in [0.15, 0.2) is 0 Å². The van der Waals surface area contributed by atoms with Crippen LogP contribution in [0.1, 0.15) is 13.8 Å². The molecule has 0 amide bonds. The predicted molar refractivity (Wildman–Crippen MR) is 66.0 cm³/mol. The van der Waals surface area contributed by atoms with E-state index in [1.807, 2.05) is 6.92 Å². The second-order valence-electron chi connectivity index (χ2n) is 4.21. The quantitative estimate of drug-likeness (QED) is 0.555. The normalized spacial score (nSPS) is 28.6. The van der Waals surface area contributed by atoms with Crippen LogP contribution in [-0.2, 0) is 9.13 Å². The molecular weight excluding hydrogens is 288 g/mol. The zero-order valence-electron chi connectivity index (χ0n) is 9.50. The summed E-state index contributed by atoms with van der Waals surface area (Å²) in [6.45, 7) is 3.82. The fraction of sp³-hybridized carbons (Fsp3) is 1.00. The van der Waals surface area contributed by atoms with Crippen LogP contribution in [0.2, 0.25) is 0 Å². The molecule has 2 atom stereocenters. The molecule has 1 aliphatic rings. The fourth-order valence-electron chi connectivity index (χ4n) is 1.83. The number of hydrogen-bond acceptors (Lipinski definition) is 4. The van der Waals surface area contributed by atoms with Gasteiger partial charge in [-0.3, -0.25) is 14.0 Å². The van der Waals surface area contributed by atoms with Crippen molar-refractivity contribution in [3.05, 3.63) is 0 Å². The van der Waals surface area contributed by atoms with E-state index in [2.05, 4.69) is 0 Å². The van der Waals surface area contributed by atoms with Crippen molar-refractivity contribution in [3.8, 4) is 0 Å². The predicted octanol–water partition coefficient (Wildman–Crippen LogP) is 0.451. The van der Waals surface area contributed by atoms with Crippen LogP contribution in [0.15, 0.2) is 0 Å². The van der Waals surface area contributed by atoms with Gasteiger partial charge in [-0.25, -0.2) is 0 Å². The summed E-state index contributed by atoms with van der Waals surface area (Å²) in [4.78, 5) is 37.8. The summed E-state index contributed by atoms with van der Waals surface area (Å²) in [5.41, 5.74) is -2.02. The first kappa shape index (κ1) is 15.7. The molecule has 102 valence electrons. The van der Waals surface area contributed by atoms with Gasteiger partial charge in [-0.2, -0.15) is 11.8 Å². The van der Waals surface area contributed by atoms with Crippen LogP contribution in [0.3, 0.4) is 0 Å². The van der Waals surface area contributed by atoms with Crippen LogP contribution in [0, 0.1) is 0 Å². The molecule has 0 saturated carbocycles. The minimum absolute atomic E-state index is 0.0896. The molecule has 0 aromatic carbocycles. The highest BCUT2D eigenvalue weighted by molar-refractivity contribution is 8.00. The van der Waals surface area contributed by atoms with Crippen LogP contribution >= 0.6 is 27.0 Å². The van der Waals surface area contributed by atoms with E-state index in [0.29, 0.717) is 5.75 Å². The Kier molecular flexibility index (Phi) is 4.89. The summed E-state index contributed by atoms with van der Waals surface area (Å²) in [7, 11) is -9.75. The molecule has 1 heterocycles. The lowest BCUT2D eigenvalue weighted by Gasteiger charge is -2.41. The molecule has 0 aromatic heterocycles. The van der Waals surface area contributed by atoms with Crippen molar-refractivity contribution < 1.29 is 28.7 Å². The molecule has 10 heteroatoms. The molecule has 7 nitrogen and oxygen atoms in total. The van der Waals surface area contributed by atoms with Gasteiger partial charge in [-0.05, 0) is 6.92 Å². The van der Waals surface area contributed by atoms with Crippen LogP contribution in [0.5, 0.6) is 0 Å². The van der Waals surface area contributed by atoms with Gasteiger partial charge in [0.1, 0.15) is 0 Å². The van der Waals surface area contributed by atoms with E-state index in [-0.39, 0.29) is 17.8 Å². The summed E-state index contributed by atoms with van der Waals surface area (Å²) in [5.74, 6) is 0.595. The van der Waals surface area contributed by atoms with Crippen LogP contribution < -0.4 is 0 Å². The summed E-state index contributed by atoms with van der Waals surface area (Å²) < 4.78 is 22.6. The van der Waals surface area contributed by atoms with E-state index >= 15 is 0 Å². The first-order valence-electron chi connectivity index (χ1n) is 5.01. The molecule has 0 aliphatic carbocycles. The molecular formula is C7H17NO6P2S. The number of thioether (sulfide) groups is 1. The average molecular weight is 305 g/mol. The molecule has 0 aromatic rings. The molecule has 0 radical (unpaired) electrons. The summed E-state index contributed by atoms with van der Waals surface area (Å²) >= 11 is 1.62. The molecule has 1 fully saturated rings. The average Bonchev–Trinajstić information content (AvgIpc) is 2.06.